The molecule has 0 aliphatic carbocycles. The number of carbonyl (C=O) groups excluding carboxylic acids is 1. The number of rotatable bonds is 8. The summed E-state index contributed by atoms with van der Waals surface area (Å²) in [6.45, 7) is 5.37. The van der Waals surface area contributed by atoms with Gasteiger partial charge in [-0.3, -0.25) is 9.69 Å². The van der Waals surface area contributed by atoms with E-state index < -0.39 is 17.7 Å². The molecule has 0 unspecified atom stereocenters. The van der Waals surface area contributed by atoms with Crippen molar-refractivity contribution in [1.29, 1.82) is 0 Å². The Morgan fingerprint density at radius 3 is 2.28 bits per heavy atom. The normalized spacial score (nSPS) is 10.9. The molecular weight excluding hydrogens is 378 g/mol. The predicted molar refractivity (Wildman–Crippen MR) is 105 cm³/mol. The van der Waals surface area contributed by atoms with Gasteiger partial charge in [-0.1, -0.05) is 12.1 Å². The lowest BCUT2D eigenvalue weighted by atomic mass is 10.2. The molecule has 1 heterocycles. The van der Waals surface area contributed by atoms with Crippen LogP contribution in [0.1, 0.15) is 32.8 Å². The third kappa shape index (κ3) is 7.28. The van der Waals surface area contributed by atoms with Crippen molar-refractivity contribution < 1.29 is 28.9 Å². The van der Waals surface area contributed by atoms with E-state index in [0.717, 1.165) is 16.2 Å². The maximum absolute atomic E-state index is 12.4. The van der Waals surface area contributed by atoms with Crippen molar-refractivity contribution in [2.24, 2.45) is 0 Å². The molecular formula is C20H25N3O6. The molecule has 0 radical (unpaired) electrons. The summed E-state index contributed by atoms with van der Waals surface area (Å²) in [6, 6.07) is 10.5. The molecule has 0 spiro atoms. The molecule has 0 atom stereocenters. The molecule has 2 rings (SSSR count). The number of carboxylic acid groups (broad SMARTS) is 1. The van der Waals surface area contributed by atoms with E-state index in [4.69, 9.17) is 19.3 Å². The maximum atomic E-state index is 12.4. The van der Waals surface area contributed by atoms with Crippen LogP contribution in [0, 0.1) is 0 Å². The largest absolute Gasteiger partial charge is 0.497 e. The van der Waals surface area contributed by atoms with Crippen LogP contribution in [0.4, 0.5) is 10.6 Å². The van der Waals surface area contributed by atoms with Gasteiger partial charge in [0.1, 0.15) is 18.0 Å². The Kier molecular flexibility index (Phi) is 7.35. The first-order valence-electron chi connectivity index (χ1n) is 9.00. The van der Waals surface area contributed by atoms with E-state index in [1.165, 1.54) is 6.07 Å². The molecule has 0 bridgehead atoms. The SMILES string of the molecule is COc1ccc(COc2ccc(N(CCC(=O)O)C(=O)OC(C)(C)C)nn2)cc1. The summed E-state index contributed by atoms with van der Waals surface area (Å²) in [5.74, 6) is 0.164. The van der Waals surface area contributed by atoms with Gasteiger partial charge in [0.25, 0.3) is 0 Å². The molecule has 1 aromatic heterocycles. The van der Waals surface area contributed by atoms with Crippen molar-refractivity contribution in [2.45, 2.75) is 39.4 Å². The second-order valence-electron chi connectivity index (χ2n) is 7.14. The lowest BCUT2D eigenvalue weighted by Gasteiger charge is -2.26. The maximum Gasteiger partial charge on any atom is 0.416 e. The molecule has 0 fully saturated rings. The average Bonchev–Trinajstić information content (AvgIpc) is 2.66. The fraction of sp³-hybridized carbons (Fsp3) is 0.400. The smallest absolute Gasteiger partial charge is 0.416 e. The van der Waals surface area contributed by atoms with Gasteiger partial charge < -0.3 is 19.3 Å². The highest BCUT2D eigenvalue weighted by atomic mass is 16.6. The minimum atomic E-state index is -1.04. The van der Waals surface area contributed by atoms with Crippen LogP contribution in [0.25, 0.3) is 0 Å². The van der Waals surface area contributed by atoms with Crippen molar-refractivity contribution in [3.8, 4) is 11.6 Å². The number of amides is 1. The summed E-state index contributed by atoms with van der Waals surface area (Å²) < 4.78 is 16.0. The van der Waals surface area contributed by atoms with E-state index in [0.29, 0.717) is 0 Å². The van der Waals surface area contributed by atoms with E-state index in [1.807, 2.05) is 24.3 Å². The van der Waals surface area contributed by atoms with Crippen LogP contribution in [-0.4, -0.2) is 46.6 Å². The second kappa shape index (κ2) is 9.72. The third-order valence-electron chi connectivity index (χ3n) is 3.61. The number of carboxylic acids is 1. The molecule has 0 aliphatic heterocycles. The first-order chi connectivity index (χ1) is 13.7. The van der Waals surface area contributed by atoms with Crippen molar-refractivity contribution in [3.63, 3.8) is 0 Å². The molecule has 9 heteroatoms. The first-order valence-corrected chi connectivity index (χ1v) is 9.00. The quantitative estimate of drug-likeness (QED) is 0.715. The van der Waals surface area contributed by atoms with Gasteiger partial charge in [0, 0.05) is 12.6 Å². The summed E-state index contributed by atoms with van der Waals surface area (Å²) >= 11 is 0. The minimum absolute atomic E-state index is 0.0923. The van der Waals surface area contributed by atoms with E-state index in [2.05, 4.69) is 10.2 Å². The van der Waals surface area contributed by atoms with Gasteiger partial charge in [-0.15, -0.1) is 10.2 Å². The summed E-state index contributed by atoms with van der Waals surface area (Å²) in [6.07, 6.45) is -0.948. The lowest BCUT2D eigenvalue weighted by molar-refractivity contribution is -0.136. The number of ether oxygens (including phenoxy) is 3. The number of hydrogen-bond acceptors (Lipinski definition) is 7. The van der Waals surface area contributed by atoms with E-state index in [-0.39, 0.29) is 31.3 Å². The van der Waals surface area contributed by atoms with Crippen LogP contribution in [-0.2, 0) is 16.1 Å². The molecule has 29 heavy (non-hydrogen) atoms. The van der Waals surface area contributed by atoms with Gasteiger partial charge in [0.15, 0.2) is 5.82 Å². The zero-order valence-corrected chi connectivity index (χ0v) is 16.9. The van der Waals surface area contributed by atoms with Crippen molar-refractivity contribution >= 4 is 17.9 Å². The molecule has 0 aliphatic rings. The molecule has 1 amide bonds. The van der Waals surface area contributed by atoms with Gasteiger partial charge in [0.2, 0.25) is 5.88 Å². The number of carbonyl (C=O) groups is 2. The monoisotopic (exact) mass is 403 g/mol. The molecule has 0 saturated carbocycles. The van der Waals surface area contributed by atoms with Gasteiger partial charge in [-0.2, -0.15) is 0 Å². The van der Waals surface area contributed by atoms with Crippen LogP contribution in [0.15, 0.2) is 36.4 Å². The fourth-order valence-corrected chi connectivity index (χ4v) is 2.24. The van der Waals surface area contributed by atoms with E-state index in [9.17, 15) is 9.59 Å². The Balaban J connectivity index is 2.06. The van der Waals surface area contributed by atoms with Gasteiger partial charge in [-0.05, 0) is 44.5 Å². The topological polar surface area (TPSA) is 111 Å². The Labute approximate surface area is 169 Å². The molecule has 1 N–H and O–H groups in total. The van der Waals surface area contributed by atoms with Gasteiger partial charge >= 0.3 is 12.1 Å². The van der Waals surface area contributed by atoms with E-state index in [1.54, 1.807) is 33.9 Å². The Morgan fingerprint density at radius 2 is 1.76 bits per heavy atom. The molecule has 1 aromatic carbocycles. The zero-order valence-electron chi connectivity index (χ0n) is 16.9. The summed E-state index contributed by atoms with van der Waals surface area (Å²) in [7, 11) is 1.60. The standard InChI is InChI=1S/C20H25N3O6/c1-20(2,3)29-19(26)23(12-11-18(24)25)16-9-10-17(22-21-16)28-13-14-5-7-15(27-4)8-6-14/h5-10H,11-13H2,1-4H3,(H,24,25). The first kappa shape index (κ1) is 21.9. The summed E-state index contributed by atoms with van der Waals surface area (Å²) in [4.78, 5) is 24.5. The number of aliphatic carboxylic acids is 1. The number of nitrogens with zero attached hydrogens (tertiary/aromatic N) is 3. The third-order valence-corrected chi connectivity index (χ3v) is 3.61. The molecule has 2 aromatic rings. The number of aromatic nitrogens is 2. The lowest BCUT2D eigenvalue weighted by Crippen LogP contribution is -2.38. The van der Waals surface area contributed by atoms with Crippen molar-refractivity contribution in [1.82, 2.24) is 10.2 Å². The minimum Gasteiger partial charge on any atom is -0.497 e. The highest BCUT2D eigenvalue weighted by Crippen LogP contribution is 2.19. The zero-order chi connectivity index (χ0) is 21.4. The van der Waals surface area contributed by atoms with Gasteiger partial charge in [0.05, 0.1) is 13.5 Å². The van der Waals surface area contributed by atoms with Crippen LogP contribution in [0.5, 0.6) is 11.6 Å². The van der Waals surface area contributed by atoms with Crippen LogP contribution in [0.3, 0.4) is 0 Å². The highest BCUT2D eigenvalue weighted by molar-refractivity contribution is 5.87. The second-order valence-corrected chi connectivity index (χ2v) is 7.14. The average molecular weight is 403 g/mol. The summed E-state index contributed by atoms with van der Waals surface area (Å²) in [5.41, 5.74) is 0.196. The summed E-state index contributed by atoms with van der Waals surface area (Å²) in [5, 5.41) is 16.9. The Hall–Kier alpha value is -3.36. The van der Waals surface area contributed by atoms with E-state index >= 15 is 0 Å². The number of anilines is 1. The molecule has 0 saturated heterocycles. The number of methoxy groups -OCH3 is 1. The predicted octanol–water partition coefficient (Wildman–Crippen LogP) is 3.28. The molecule has 156 valence electrons. The Bertz CT molecular complexity index is 816. The van der Waals surface area contributed by atoms with Crippen molar-refractivity contribution in [3.05, 3.63) is 42.0 Å². The van der Waals surface area contributed by atoms with Crippen LogP contribution in [0.2, 0.25) is 0 Å². The molecule has 9 nitrogen and oxygen atoms in total. The van der Waals surface area contributed by atoms with Crippen LogP contribution >= 0.6 is 0 Å². The van der Waals surface area contributed by atoms with Crippen LogP contribution < -0.4 is 14.4 Å². The van der Waals surface area contributed by atoms with Crippen molar-refractivity contribution in [2.75, 3.05) is 18.6 Å². The highest BCUT2D eigenvalue weighted by Gasteiger charge is 2.25. The number of hydrogen-bond donors (Lipinski definition) is 1. The fourth-order valence-electron chi connectivity index (χ4n) is 2.24. The Morgan fingerprint density at radius 1 is 1.07 bits per heavy atom. The van der Waals surface area contributed by atoms with Gasteiger partial charge in [-0.25, -0.2) is 4.79 Å². The number of benzene rings is 1.